The topological polar surface area (TPSA) is 112 Å². The normalized spacial score (nSPS) is 14.0. The van der Waals surface area contributed by atoms with E-state index >= 15 is 0 Å². The van der Waals surface area contributed by atoms with Crippen LogP contribution < -0.4 is 19.7 Å². The Morgan fingerprint density at radius 1 is 1.06 bits per heavy atom. The zero-order chi connectivity index (χ0) is 27.1. The third-order valence-corrected chi connectivity index (χ3v) is 6.77. The van der Waals surface area contributed by atoms with Crippen molar-refractivity contribution in [3.8, 4) is 11.5 Å². The number of nitrogens with one attached hydrogen (secondary N) is 2. The van der Waals surface area contributed by atoms with E-state index < -0.39 is 19.5 Å². The summed E-state index contributed by atoms with van der Waals surface area (Å²) in [7, 11) is -0.778. The fourth-order valence-electron chi connectivity index (χ4n) is 3.20. The number of allylic oxidation sites excluding steroid dienone is 2. The van der Waals surface area contributed by atoms with E-state index in [1.165, 1.54) is 14.2 Å². The number of unbranched alkanes of at least 4 members (excludes halogenated alkanes) is 2. The predicted octanol–water partition coefficient (Wildman–Crippen LogP) is 5.19. The van der Waals surface area contributed by atoms with E-state index in [2.05, 4.69) is 36.4 Å². The molecule has 1 aromatic rings. The van der Waals surface area contributed by atoms with Gasteiger partial charge < -0.3 is 24.1 Å². The molecule has 9 nitrogen and oxygen atoms in total. The molecule has 0 spiro atoms. The van der Waals surface area contributed by atoms with E-state index in [1.807, 2.05) is 0 Å². The highest BCUT2D eigenvalue weighted by Gasteiger charge is 2.31. The molecule has 0 aliphatic rings. The third kappa shape index (κ3) is 12.6. The van der Waals surface area contributed by atoms with Gasteiger partial charge in [0.1, 0.15) is 12.4 Å². The first-order valence-electron chi connectivity index (χ1n) is 12.4. The van der Waals surface area contributed by atoms with Crippen LogP contribution in [0.2, 0.25) is 0 Å². The van der Waals surface area contributed by atoms with Crippen LogP contribution >= 0.6 is 7.52 Å². The molecule has 204 valence electrons. The Morgan fingerprint density at radius 3 is 2.39 bits per heavy atom. The van der Waals surface area contributed by atoms with E-state index in [-0.39, 0.29) is 24.1 Å². The molecule has 1 rings (SSSR count). The number of amides is 1. The quantitative estimate of drug-likeness (QED) is 0.123. The Hall–Kier alpha value is -2.35. The second-order valence-electron chi connectivity index (χ2n) is 9.20. The van der Waals surface area contributed by atoms with Crippen LogP contribution in [0.15, 0.2) is 30.4 Å². The number of methoxy groups -OCH3 is 2. The van der Waals surface area contributed by atoms with Gasteiger partial charge in [0.15, 0.2) is 11.5 Å². The second-order valence-corrected chi connectivity index (χ2v) is 11.2. The van der Waals surface area contributed by atoms with Crippen molar-refractivity contribution >= 4 is 19.4 Å². The van der Waals surface area contributed by atoms with Crippen LogP contribution in [-0.4, -0.2) is 44.6 Å². The zero-order valence-electron chi connectivity index (χ0n) is 22.7. The summed E-state index contributed by atoms with van der Waals surface area (Å²) in [5.74, 6) is 0.545. The average Bonchev–Trinajstić information content (AvgIpc) is 2.79. The molecule has 0 bridgehead atoms. The van der Waals surface area contributed by atoms with Gasteiger partial charge in [-0.25, -0.2) is 5.09 Å². The van der Waals surface area contributed by atoms with Crippen molar-refractivity contribution in [2.75, 3.05) is 20.6 Å². The summed E-state index contributed by atoms with van der Waals surface area (Å²) in [4.78, 5) is 24.3. The molecule has 1 amide bonds. The minimum absolute atomic E-state index is 0.0156. The maximum atomic E-state index is 13.4. The van der Waals surface area contributed by atoms with Crippen molar-refractivity contribution < 1.29 is 32.9 Å². The molecule has 0 fully saturated rings. The molecule has 0 aliphatic heterocycles. The van der Waals surface area contributed by atoms with Gasteiger partial charge in [0.2, 0.25) is 5.91 Å². The van der Waals surface area contributed by atoms with E-state index in [0.29, 0.717) is 24.6 Å². The van der Waals surface area contributed by atoms with Crippen molar-refractivity contribution in [3.05, 3.63) is 35.9 Å². The number of rotatable bonds is 17. The first-order chi connectivity index (χ1) is 17.0. The number of benzene rings is 1. The van der Waals surface area contributed by atoms with E-state index in [0.717, 1.165) is 24.8 Å². The van der Waals surface area contributed by atoms with Gasteiger partial charge in [-0.05, 0) is 63.6 Å². The van der Waals surface area contributed by atoms with Crippen molar-refractivity contribution in [1.82, 2.24) is 10.4 Å². The largest absolute Gasteiger partial charge is 0.493 e. The van der Waals surface area contributed by atoms with Gasteiger partial charge in [0.25, 0.3) is 0 Å². The average molecular weight is 527 g/mol. The molecule has 2 unspecified atom stereocenters. The van der Waals surface area contributed by atoms with Crippen LogP contribution in [0.1, 0.15) is 65.9 Å². The molecule has 0 saturated carbocycles. The lowest BCUT2D eigenvalue weighted by Gasteiger charge is -2.24. The Bertz CT molecular complexity index is 902. The molecule has 0 radical (unpaired) electrons. The summed E-state index contributed by atoms with van der Waals surface area (Å²) < 4.78 is 34.8. The highest BCUT2D eigenvalue weighted by molar-refractivity contribution is 7.57. The van der Waals surface area contributed by atoms with Crippen LogP contribution in [0.5, 0.6) is 11.5 Å². The summed E-state index contributed by atoms with van der Waals surface area (Å²) in [5.41, 5.74) is 0.802. The van der Waals surface area contributed by atoms with Gasteiger partial charge in [-0.15, -0.1) is 0 Å². The molecular formula is C26H43N2O7P. The summed E-state index contributed by atoms with van der Waals surface area (Å²) in [5, 5.41) is 5.62. The summed E-state index contributed by atoms with van der Waals surface area (Å²) >= 11 is 0. The predicted molar refractivity (Wildman–Crippen MR) is 141 cm³/mol. The summed E-state index contributed by atoms with van der Waals surface area (Å²) in [6.45, 7) is 9.62. The number of ether oxygens (including phenoxy) is 3. The maximum Gasteiger partial charge on any atom is 0.342 e. The van der Waals surface area contributed by atoms with Gasteiger partial charge in [-0.1, -0.05) is 32.1 Å². The van der Waals surface area contributed by atoms with Gasteiger partial charge in [0, 0.05) is 20.1 Å². The van der Waals surface area contributed by atoms with Gasteiger partial charge in [-0.2, -0.15) is 0 Å². The molecule has 0 aromatic heterocycles. The first kappa shape index (κ1) is 31.7. The van der Waals surface area contributed by atoms with E-state index in [9.17, 15) is 14.2 Å². The Kier molecular flexibility index (Phi) is 14.4. The second kappa shape index (κ2) is 16.4. The monoisotopic (exact) mass is 526 g/mol. The lowest BCUT2D eigenvalue weighted by Crippen LogP contribution is -2.36. The van der Waals surface area contributed by atoms with E-state index in [1.54, 1.807) is 39.0 Å². The summed E-state index contributed by atoms with van der Waals surface area (Å²) in [6.07, 6.45) is 7.02. The highest BCUT2D eigenvalue weighted by atomic mass is 31.2. The van der Waals surface area contributed by atoms with Crippen LogP contribution in [0.25, 0.3) is 0 Å². The lowest BCUT2D eigenvalue weighted by atomic mass is 10.1. The SMILES string of the molecule is COCP(=O)(NC(C)C(=O)OC(C)C)Oc1ccc(CNC(=O)CCCC/C=C/C(C)C)cc1OC. The number of esters is 1. The molecule has 2 atom stereocenters. The first-order valence-corrected chi connectivity index (χ1v) is 14.2. The zero-order valence-corrected chi connectivity index (χ0v) is 23.6. The maximum absolute atomic E-state index is 13.4. The fourth-order valence-corrected chi connectivity index (χ4v) is 4.89. The van der Waals surface area contributed by atoms with E-state index in [4.69, 9.17) is 18.7 Å². The van der Waals surface area contributed by atoms with Gasteiger partial charge in [-0.3, -0.25) is 14.2 Å². The van der Waals surface area contributed by atoms with Crippen molar-refractivity contribution in [2.24, 2.45) is 5.92 Å². The number of carbonyl (C=O) groups excluding carboxylic acids is 2. The number of hydrogen-bond acceptors (Lipinski definition) is 7. The standard InChI is InChI=1S/C26H43N2O7P/c1-19(2)12-10-8-9-11-13-25(29)27-17-22-14-15-23(24(16-22)33-7)35-36(31,18-32-6)28-21(5)26(30)34-20(3)4/h10,12,14-16,19-21H,8-9,11,13,17-18H2,1-7H3,(H,27,29)(H,28,31)/b12-10+. The molecule has 10 heteroatoms. The molecule has 0 aliphatic carbocycles. The lowest BCUT2D eigenvalue weighted by molar-refractivity contribution is -0.149. The molecule has 1 aromatic carbocycles. The van der Waals surface area contributed by atoms with Crippen LogP contribution in [0.4, 0.5) is 0 Å². The van der Waals surface area contributed by atoms with Gasteiger partial charge in [0.05, 0.1) is 13.2 Å². The van der Waals surface area contributed by atoms with Crippen LogP contribution in [-0.2, 0) is 30.2 Å². The minimum Gasteiger partial charge on any atom is -0.493 e. The molecule has 0 saturated heterocycles. The Balaban J connectivity index is 2.72. The van der Waals surface area contributed by atoms with Crippen LogP contribution in [0, 0.1) is 5.92 Å². The molecule has 0 heterocycles. The van der Waals surface area contributed by atoms with Gasteiger partial charge >= 0.3 is 13.5 Å². The Labute approximate surface area is 215 Å². The highest BCUT2D eigenvalue weighted by Crippen LogP contribution is 2.46. The van der Waals surface area contributed by atoms with Crippen molar-refractivity contribution in [2.45, 2.75) is 79.0 Å². The molecule has 36 heavy (non-hydrogen) atoms. The number of hydrogen-bond donors (Lipinski definition) is 2. The van der Waals surface area contributed by atoms with Crippen molar-refractivity contribution in [3.63, 3.8) is 0 Å². The fraction of sp³-hybridized carbons (Fsp3) is 0.615. The smallest absolute Gasteiger partial charge is 0.342 e. The molecular weight excluding hydrogens is 483 g/mol. The minimum atomic E-state index is -3.64. The third-order valence-electron chi connectivity index (χ3n) is 4.90. The van der Waals surface area contributed by atoms with Crippen molar-refractivity contribution in [1.29, 1.82) is 0 Å². The summed E-state index contributed by atoms with van der Waals surface area (Å²) in [6, 6.07) is 4.20. The number of carbonyl (C=O) groups is 2. The molecule has 2 N–H and O–H groups in total. The Morgan fingerprint density at radius 2 is 1.78 bits per heavy atom. The van der Waals surface area contributed by atoms with Crippen LogP contribution in [0.3, 0.4) is 0 Å².